The van der Waals surface area contributed by atoms with E-state index in [1.54, 1.807) is 13.0 Å². The summed E-state index contributed by atoms with van der Waals surface area (Å²) < 4.78 is 18.0. The third kappa shape index (κ3) is 3.53. The predicted molar refractivity (Wildman–Crippen MR) is 63.2 cm³/mol. The molecule has 1 aromatic rings. The monoisotopic (exact) mass is 254 g/mol. The molecule has 0 saturated carbocycles. The SMILES string of the molecule is COC(=O)c1ccc(CNC(C)C(N)=O)cc1F. The van der Waals surface area contributed by atoms with E-state index in [1.807, 2.05) is 0 Å². The van der Waals surface area contributed by atoms with Crippen molar-refractivity contribution in [1.29, 1.82) is 0 Å². The number of benzene rings is 1. The Labute approximate surface area is 104 Å². The van der Waals surface area contributed by atoms with Gasteiger partial charge in [0.15, 0.2) is 0 Å². The van der Waals surface area contributed by atoms with Gasteiger partial charge in [-0.2, -0.15) is 0 Å². The fourth-order valence-corrected chi connectivity index (χ4v) is 1.32. The van der Waals surface area contributed by atoms with Crippen LogP contribution in [0.5, 0.6) is 0 Å². The number of nitrogens with one attached hydrogen (secondary N) is 1. The molecule has 3 N–H and O–H groups in total. The highest BCUT2D eigenvalue weighted by Crippen LogP contribution is 2.11. The first-order valence-corrected chi connectivity index (χ1v) is 5.35. The number of amides is 1. The minimum atomic E-state index is -0.725. The number of nitrogens with two attached hydrogens (primary N) is 1. The summed E-state index contributed by atoms with van der Waals surface area (Å²) in [4.78, 5) is 22.0. The Morgan fingerprint density at radius 3 is 2.67 bits per heavy atom. The van der Waals surface area contributed by atoms with Gasteiger partial charge in [0.1, 0.15) is 5.82 Å². The molecule has 0 heterocycles. The van der Waals surface area contributed by atoms with Crippen molar-refractivity contribution in [2.75, 3.05) is 7.11 Å². The second kappa shape index (κ2) is 6.11. The molecule has 1 rings (SSSR count). The van der Waals surface area contributed by atoms with Crippen molar-refractivity contribution in [2.24, 2.45) is 5.73 Å². The van der Waals surface area contributed by atoms with E-state index in [0.29, 0.717) is 5.56 Å². The fourth-order valence-electron chi connectivity index (χ4n) is 1.32. The lowest BCUT2D eigenvalue weighted by atomic mass is 10.1. The highest BCUT2D eigenvalue weighted by Gasteiger charge is 2.13. The molecule has 1 unspecified atom stereocenters. The van der Waals surface area contributed by atoms with Crippen LogP contribution in [0.25, 0.3) is 0 Å². The van der Waals surface area contributed by atoms with E-state index < -0.39 is 23.7 Å². The smallest absolute Gasteiger partial charge is 0.340 e. The lowest BCUT2D eigenvalue weighted by molar-refractivity contribution is -0.119. The van der Waals surface area contributed by atoms with Gasteiger partial charge in [-0.05, 0) is 24.6 Å². The van der Waals surface area contributed by atoms with Crippen LogP contribution in [0.3, 0.4) is 0 Å². The van der Waals surface area contributed by atoms with E-state index in [-0.39, 0.29) is 12.1 Å². The second-order valence-electron chi connectivity index (χ2n) is 3.81. The molecule has 98 valence electrons. The number of halogens is 1. The van der Waals surface area contributed by atoms with E-state index in [0.717, 1.165) is 0 Å². The normalized spacial score (nSPS) is 11.9. The van der Waals surface area contributed by atoms with Gasteiger partial charge < -0.3 is 15.8 Å². The zero-order valence-corrected chi connectivity index (χ0v) is 10.2. The van der Waals surface area contributed by atoms with Gasteiger partial charge in [0.25, 0.3) is 0 Å². The zero-order chi connectivity index (χ0) is 13.7. The number of methoxy groups -OCH3 is 1. The van der Waals surface area contributed by atoms with Gasteiger partial charge in [0, 0.05) is 6.54 Å². The molecule has 0 aliphatic carbocycles. The minimum Gasteiger partial charge on any atom is -0.465 e. The Hall–Kier alpha value is -1.95. The number of carbonyl (C=O) groups is 2. The summed E-state index contributed by atoms with van der Waals surface area (Å²) in [5.41, 5.74) is 5.56. The van der Waals surface area contributed by atoms with Crippen molar-refractivity contribution in [3.8, 4) is 0 Å². The van der Waals surface area contributed by atoms with Crippen LogP contribution in [0.2, 0.25) is 0 Å². The molecule has 18 heavy (non-hydrogen) atoms. The number of hydrogen-bond donors (Lipinski definition) is 2. The summed E-state index contributed by atoms with van der Waals surface area (Å²) in [5.74, 6) is -1.87. The summed E-state index contributed by atoms with van der Waals surface area (Å²) in [6, 6.07) is 3.63. The summed E-state index contributed by atoms with van der Waals surface area (Å²) in [6.07, 6.45) is 0. The molecule has 5 nitrogen and oxygen atoms in total. The Balaban J connectivity index is 2.73. The summed E-state index contributed by atoms with van der Waals surface area (Å²) in [5, 5.41) is 2.83. The largest absolute Gasteiger partial charge is 0.465 e. The molecule has 0 radical (unpaired) electrons. The second-order valence-corrected chi connectivity index (χ2v) is 3.81. The Morgan fingerprint density at radius 2 is 2.17 bits per heavy atom. The number of ether oxygens (including phenoxy) is 1. The summed E-state index contributed by atoms with van der Waals surface area (Å²) >= 11 is 0. The first-order chi connectivity index (χ1) is 8.45. The van der Waals surface area contributed by atoms with Crippen molar-refractivity contribution in [2.45, 2.75) is 19.5 Å². The van der Waals surface area contributed by atoms with E-state index in [4.69, 9.17) is 5.73 Å². The zero-order valence-electron chi connectivity index (χ0n) is 10.2. The Morgan fingerprint density at radius 1 is 1.50 bits per heavy atom. The van der Waals surface area contributed by atoms with E-state index >= 15 is 0 Å². The maximum Gasteiger partial charge on any atom is 0.340 e. The van der Waals surface area contributed by atoms with Gasteiger partial charge >= 0.3 is 5.97 Å². The van der Waals surface area contributed by atoms with E-state index in [1.165, 1.54) is 19.2 Å². The van der Waals surface area contributed by atoms with Crippen LogP contribution < -0.4 is 11.1 Å². The molecule has 1 aromatic carbocycles. The number of primary amides is 1. The third-order valence-corrected chi connectivity index (χ3v) is 2.48. The molecule has 0 aliphatic rings. The van der Waals surface area contributed by atoms with Crippen LogP contribution >= 0.6 is 0 Å². The minimum absolute atomic E-state index is 0.121. The van der Waals surface area contributed by atoms with Crippen molar-refractivity contribution < 1.29 is 18.7 Å². The predicted octanol–water partition coefficient (Wildman–Crippen LogP) is 0.576. The molecular weight excluding hydrogens is 239 g/mol. The average Bonchev–Trinajstić information content (AvgIpc) is 2.34. The Kier molecular flexibility index (Phi) is 4.79. The van der Waals surface area contributed by atoms with Crippen LogP contribution in [-0.4, -0.2) is 25.0 Å². The molecule has 1 amide bonds. The summed E-state index contributed by atoms with van der Waals surface area (Å²) in [7, 11) is 1.19. The lowest BCUT2D eigenvalue weighted by Gasteiger charge is -2.10. The molecule has 1 atom stereocenters. The molecule has 0 aromatic heterocycles. The van der Waals surface area contributed by atoms with Crippen molar-refractivity contribution in [1.82, 2.24) is 5.32 Å². The lowest BCUT2D eigenvalue weighted by Crippen LogP contribution is -2.38. The molecule has 0 bridgehead atoms. The highest BCUT2D eigenvalue weighted by molar-refractivity contribution is 5.89. The van der Waals surface area contributed by atoms with Crippen LogP contribution in [0.4, 0.5) is 4.39 Å². The molecule has 0 spiro atoms. The van der Waals surface area contributed by atoms with E-state index in [9.17, 15) is 14.0 Å². The van der Waals surface area contributed by atoms with E-state index in [2.05, 4.69) is 10.1 Å². The third-order valence-electron chi connectivity index (χ3n) is 2.48. The quantitative estimate of drug-likeness (QED) is 0.753. The van der Waals surface area contributed by atoms with Crippen LogP contribution in [0.15, 0.2) is 18.2 Å². The number of rotatable bonds is 5. The average molecular weight is 254 g/mol. The fraction of sp³-hybridized carbons (Fsp3) is 0.333. The van der Waals surface area contributed by atoms with Gasteiger partial charge in [-0.3, -0.25) is 4.79 Å². The Bertz CT molecular complexity index is 463. The molecule has 0 aliphatic heterocycles. The van der Waals surface area contributed by atoms with Crippen molar-refractivity contribution in [3.05, 3.63) is 35.1 Å². The van der Waals surface area contributed by atoms with Crippen molar-refractivity contribution in [3.63, 3.8) is 0 Å². The van der Waals surface area contributed by atoms with Gasteiger partial charge in [0.2, 0.25) is 5.91 Å². The molecule has 0 fully saturated rings. The molecule has 6 heteroatoms. The van der Waals surface area contributed by atoms with Crippen LogP contribution in [0, 0.1) is 5.82 Å². The first kappa shape index (κ1) is 14.1. The molecule has 0 saturated heterocycles. The number of carbonyl (C=O) groups excluding carboxylic acids is 2. The number of esters is 1. The van der Waals surface area contributed by atoms with Crippen molar-refractivity contribution >= 4 is 11.9 Å². The molecular formula is C12H15FN2O3. The van der Waals surface area contributed by atoms with Gasteiger partial charge in [-0.1, -0.05) is 6.07 Å². The standard InChI is InChI=1S/C12H15FN2O3/c1-7(11(14)16)15-6-8-3-4-9(10(13)5-8)12(17)18-2/h3-5,7,15H,6H2,1-2H3,(H2,14,16). The topological polar surface area (TPSA) is 81.4 Å². The number of hydrogen-bond acceptors (Lipinski definition) is 4. The summed E-state index contributed by atoms with van der Waals surface area (Å²) in [6.45, 7) is 1.89. The maximum absolute atomic E-state index is 13.6. The van der Waals surface area contributed by atoms with Gasteiger partial charge in [-0.15, -0.1) is 0 Å². The van der Waals surface area contributed by atoms with Crippen LogP contribution in [0.1, 0.15) is 22.8 Å². The maximum atomic E-state index is 13.6. The van der Waals surface area contributed by atoms with Crippen LogP contribution in [-0.2, 0) is 16.1 Å². The highest BCUT2D eigenvalue weighted by atomic mass is 19.1. The first-order valence-electron chi connectivity index (χ1n) is 5.35. The van der Waals surface area contributed by atoms with Gasteiger partial charge in [-0.25, -0.2) is 9.18 Å². The van der Waals surface area contributed by atoms with Gasteiger partial charge in [0.05, 0.1) is 18.7 Å².